The predicted molar refractivity (Wildman–Crippen MR) is 88.9 cm³/mol. The molecule has 1 unspecified atom stereocenters. The van der Waals surface area contributed by atoms with Crippen molar-refractivity contribution in [2.45, 2.75) is 25.3 Å². The maximum absolute atomic E-state index is 6.08. The summed E-state index contributed by atoms with van der Waals surface area (Å²) < 4.78 is 1.73. The molecule has 6 heteroatoms. The molecule has 0 bridgehead atoms. The maximum atomic E-state index is 6.08. The lowest BCUT2D eigenvalue weighted by Gasteiger charge is -2.21. The lowest BCUT2D eigenvalue weighted by atomic mass is 9.98. The third-order valence-electron chi connectivity index (χ3n) is 5.31. The van der Waals surface area contributed by atoms with E-state index in [1.165, 1.54) is 24.0 Å². The van der Waals surface area contributed by atoms with Crippen LogP contribution in [0.5, 0.6) is 0 Å². The Labute approximate surface area is 133 Å². The minimum Gasteiger partial charge on any atom is -0.383 e. The van der Waals surface area contributed by atoms with Crippen molar-refractivity contribution in [1.82, 2.24) is 19.7 Å². The number of fused-ring (bicyclic) bond motifs is 2. The summed E-state index contributed by atoms with van der Waals surface area (Å²) in [5, 5.41) is 8.57. The second kappa shape index (κ2) is 4.22. The van der Waals surface area contributed by atoms with Crippen LogP contribution in [0.1, 0.15) is 30.0 Å². The van der Waals surface area contributed by atoms with Crippen LogP contribution in [0.3, 0.4) is 0 Å². The molecule has 3 N–H and O–H groups in total. The average Bonchev–Trinajstić information content (AvgIpc) is 3.12. The van der Waals surface area contributed by atoms with Gasteiger partial charge in [0, 0.05) is 7.05 Å². The fraction of sp³-hybridized carbons (Fsp3) is 0.353. The van der Waals surface area contributed by atoms with Crippen molar-refractivity contribution < 1.29 is 0 Å². The molecule has 23 heavy (non-hydrogen) atoms. The quantitative estimate of drug-likeness (QED) is 0.760. The van der Waals surface area contributed by atoms with E-state index in [0.717, 1.165) is 17.5 Å². The SMILES string of the molecule is Cn1ncc2c(N)nc(NC3c4ccccc4CC34CC4)nc21. The molecule has 2 aliphatic carbocycles. The first-order chi connectivity index (χ1) is 11.2. The molecular weight excluding hydrogens is 288 g/mol. The molecule has 0 aliphatic heterocycles. The molecular formula is C17H18N6. The van der Waals surface area contributed by atoms with Gasteiger partial charge in [0.1, 0.15) is 5.82 Å². The molecule has 2 heterocycles. The van der Waals surface area contributed by atoms with Crippen molar-refractivity contribution in [3.63, 3.8) is 0 Å². The molecule has 3 aromatic rings. The topological polar surface area (TPSA) is 81.7 Å². The second-order valence-corrected chi connectivity index (χ2v) is 6.75. The van der Waals surface area contributed by atoms with E-state index in [1.807, 2.05) is 7.05 Å². The first kappa shape index (κ1) is 12.9. The van der Waals surface area contributed by atoms with Gasteiger partial charge in [0.25, 0.3) is 0 Å². The average molecular weight is 306 g/mol. The van der Waals surface area contributed by atoms with Crippen molar-refractivity contribution >= 4 is 22.8 Å². The number of nitrogens with two attached hydrogens (primary N) is 1. The number of nitrogen functional groups attached to an aromatic ring is 1. The van der Waals surface area contributed by atoms with Crippen LogP contribution < -0.4 is 11.1 Å². The fourth-order valence-electron chi connectivity index (χ4n) is 3.88. The lowest BCUT2D eigenvalue weighted by molar-refractivity contribution is 0.470. The van der Waals surface area contributed by atoms with Crippen molar-refractivity contribution in [1.29, 1.82) is 0 Å². The van der Waals surface area contributed by atoms with Crippen molar-refractivity contribution in [3.05, 3.63) is 41.6 Å². The van der Waals surface area contributed by atoms with Gasteiger partial charge in [-0.3, -0.25) is 4.68 Å². The van der Waals surface area contributed by atoms with Gasteiger partial charge in [0.2, 0.25) is 5.95 Å². The summed E-state index contributed by atoms with van der Waals surface area (Å²) in [6, 6.07) is 8.94. The molecule has 1 atom stereocenters. The molecule has 1 spiro atoms. The van der Waals surface area contributed by atoms with E-state index >= 15 is 0 Å². The molecule has 2 aromatic heterocycles. The fourth-order valence-corrected chi connectivity index (χ4v) is 3.88. The van der Waals surface area contributed by atoms with Crippen LogP contribution in [-0.4, -0.2) is 19.7 Å². The number of aromatic nitrogens is 4. The van der Waals surface area contributed by atoms with Gasteiger partial charge in [-0.2, -0.15) is 15.1 Å². The second-order valence-electron chi connectivity index (χ2n) is 6.75. The predicted octanol–water partition coefficient (Wildman–Crippen LogP) is 2.44. The number of nitrogens with one attached hydrogen (secondary N) is 1. The van der Waals surface area contributed by atoms with Gasteiger partial charge >= 0.3 is 0 Å². The zero-order valence-corrected chi connectivity index (χ0v) is 13.0. The van der Waals surface area contributed by atoms with E-state index in [1.54, 1.807) is 10.9 Å². The highest BCUT2D eigenvalue weighted by molar-refractivity contribution is 5.86. The molecule has 6 nitrogen and oxygen atoms in total. The molecule has 0 amide bonds. The third-order valence-corrected chi connectivity index (χ3v) is 5.31. The first-order valence-electron chi connectivity index (χ1n) is 7.96. The summed E-state index contributed by atoms with van der Waals surface area (Å²) in [6.07, 6.45) is 5.36. The Morgan fingerprint density at radius 2 is 2.09 bits per heavy atom. The van der Waals surface area contributed by atoms with Crippen LogP contribution in [-0.2, 0) is 13.5 Å². The van der Waals surface area contributed by atoms with Crippen LogP contribution in [0.15, 0.2) is 30.5 Å². The minimum absolute atomic E-state index is 0.267. The molecule has 1 saturated carbocycles. The zero-order valence-electron chi connectivity index (χ0n) is 13.0. The van der Waals surface area contributed by atoms with Gasteiger partial charge in [0.05, 0.1) is 17.6 Å². The van der Waals surface area contributed by atoms with E-state index in [4.69, 9.17) is 5.73 Å². The van der Waals surface area contributed by atoms with Gasteiger partial charge in [-0.1, -0.05) is 24.3 Å². The molecule has 5 rings (SSSR count). The van der Waals surface area contributed by atoms with Gasteiger partial charge in [-0.05, 0) is 35.8 Å². The van der Waals surface area contributed by atoms with E-state index in [0.29, 0.717) is 17.2 Å². The van der Waals surface area contributed by atoms with Crippen molar-refractivity contribution in [2.24, 2.45) is 12.5 Å². The lowest BCUT2D eigenvalue weighted by Crippen LogP contribution is -2.19. The summed E-state index contributed by atoms with van der Waals surface area (Å²) in [7, 11) is 1.87. The largest absolute Gasteiger partial charge is 0.383 e. The van der Waals surface area contributed by atoms with Crippen LogP contribution in [0.2, 0.25) is 0 Å². The third kappa shape index (κ3) is 1.78. The minimum atomic E-state index is 0.267. The molecule has 0 radical (unpaired) electrons. The Morgan fingerprint density at radius 1 is 1.26 bits per heavy atom. The Kier molecular flexibility index (Phi) is 2.36. The number of benzene rings is 1. The van der Waals surface area contributed by atoms with Gasteiger partial charge < -0.3 is 11.1 Å². The molecule has 0 saturated heterocycles. The number of nitrogens with zero attached hydrogens (tertiary/aromatic N) is 4. The van der Waals surface area contributed by atoms with E-state index in [-0.39, 0.29) is 6.04 Å². The smallest absolute Gasteiger partial charge is 0.227 e. The molecule has 1 aromatic carbocycles. The summed E-state index contributed by atoms with van der Waals surface area (Å²) in [6.45, 7) is 0. The van der Waals surface area contributed by atoms with Gasteiger partial charge in [0.15, 0.2) is 5.65 Å². The number of rotatable bonds is 2. The number of anilines is 2. The van der Waals surface area contributed by atoms with Crippen LogP contribution in [0.4, 0.5) is 11.8 Å². The Morgan fingerprint density at radius 3 is 2.91 bits per heavy atom. The summed E-state index contributed by atoms with van der Waals surface area (Å²) in [5.74, 6) is 1.06. The van der Waals surface area contributed by atoms with Gasteiger partial charge in [-0.25, -0.2) is 0 Å². The number of hydrogen-bond acceptors (Lipinski definition) is 5. The van der Waals surface area contributed by atoms with E-state index in [9.17, 15) is 0 Å². The molecule has 2 aliphatic rings. The standard InChI is InChI=1S/C17H18N6/c1-23-15-12(9-19-23)14(18)21-16(22-15)20-13-11-5-3-2-4-10(11)8-17(13)6-7-17/h2-5,9,13H,6-8H2,1H3,(H3,18,20,21,22). The normalized spacial score (nSPS) is 20.8. The van der Waals surface area contributed by atoms with Crippen molar-refractivity contribution in [3.8, 4) is 0 Å². The molecule has 1 fully saturated rings. The Hall–Kier alpha value is -2.63. The highest BCUT2D eigenvalue weighted by Crippen LogP contribution is 2.62. The Bertz CT molecular complexity index is 924. The highest BCUT2D eigenvalue weighted by atomic mass is 15.3. The molecule has 116 valence electrons. The van der Waals surface area contributed by atoms with E-state index in [2.05, 4.69) is 44.6 Å². The van der Waals surface area contributed by atoms with Crippen molar-refractivity contribution in [2.75, 3.05) is 11.1 Å². The summed E-state index contributed by atoms with van der Waals surface area (Å²) in [4.78, 5) is 9.07. The zero-order chi connectivity index (χ0) is 15.6. The highest BCUT2D eigenvalue weighted by Gasteiger charge is 2.54. The van der Waals surface area contributed by atoms with Crippen LogP contribution in [0, 0.1) is 5.41 Å². The van der Waals surface area contributed by atoms with Gasteiger partial charge in [-0.15, -0.1) is 0 Å². The summed E-state index contributed by atoms with van der Waals surface area (Å²) >= 11 is 0. The first-order valence-corrected chi connectivity index (χ1v) is 7.96. The van der Waals surface area contributed by atoms with Crippen LogP contribution >= 0.6 is 0 Å². The Balaban J connectivity index is 1.58. The van der Waals surface area contributed by atoms with Crippen LogP contribution in [0.25, 0.3) is 11.0 Å². The van der Waals surface area contributed by atoms with E-state index < -0.39 is 0 Å². The number of aryl methyl sites for hydroxylation is 1. The number of hydrogen-bond donors (Lipinski definition) is 2. The summed E-state index contributed by atoms with van der Waals surface area (Å²) in [5.41, 5.74) is 9.99. The maximum Gasteiger partial charge on any atom is 0.227 e. The monoisotopic (exact) mass is 306 g/mol.